The molecule has 0 bridgehead atoms. The van der Waals surface area contributed by atoms with E-state index in [2.05, 4.69) is 25.0 Å². The van der Waals surface area contributed by atoms with Gasteiger partial charge in [-0.25, -0.2) is 4.98 Å². The van der Waals surface area contributed by atoms with Crippen molar-refractivity contribution < 1.29 is 9.63 Å². The Kier molecular flexibility index (Phi) is 4.62. The second kappa shape index (κ2) is 7.21. The number of nitrogens with zero attached hydrogens (tertiary/aromatic N) is 5. The zero-order valence-corrected chi connectivity index (χ0v) is 14.7. The van der Waals surface area contributed by atoms with Gasteiger partial charge in [0, 0.05) is 18.7 Å². The highest BCUT2D eigenvalue weighted by atomic mass is 16.5. The van der Waals surface area contributed by atoms with Gasteiger partial charge < -0.3 is 9.63 Å². The fourth-order valence-corrected chi connectivity index (χ4v) is 3.27. The Morgan fingerprint density at radius 1 is 1.19 bits per heavy atom. The van der Waals surface area contributed by atoms with Gasteiger partial charge in [0.25, 0.3) is 5.89 Å². The summed E-state index contributed by atoms with van der Waals surface area (Å²) in [7, 11) is 0. The molecule has 1 fully saturated rings. The van der Waals surface area contributed by atoms with E-state index in [1.54, 1.807) is 18.5 Å². The van der Waals surface area contributed by atoms with Gasteiger partial charge in [-0.15, -0.1) is 0 Å². The summed E-state index contributed by atoms with van der Waals surface area (Å²) < 4.78 is 5.37. The predicted molar refractivity (Wildman–Crippen MR) is 95.4 cm³/mol. The number of aryl methyl sites for hydroxylation is 1. The quantitative estimate of drug-likeness (QED) is 0.773. The molecule has 3 heterocycles. The average molecular weight is 351 g/mol. The van der Waals surface area contributed by atoms with Crippen LogP contribution in [0.5, 0.6) is 5.75 Å². The summed E-state index contributed by atoms with van der Waals surface area (Å²) >= 11 is 0. The number of likely N-dealkylation sites (tertiary alicyclic amines) is 1. The molecule has 0 atom stereocenters. The largest absolute Gasteiger partial charge is 0.508 e. The summed E-state index contributed by atoms with van der Waals surface area (Å²) in [5.74, 6) is 1.79. The van der Waals surface area contributed by atoms with E-state index in [1.165, 1.54) is 0 Å². The molecule has 0 aliphatic carbocycles. The molecule has 1 aromatic carbocycles. The third-order valence-electron chi connectivity index (χ3n) is 4.71. The molecule has 7 nitrogen and oxygen atoms in total. The number of phenolic OH excluding ortho intramolecular Hbond substituents is 1. The van der Waals surface area contributed by atoms with E-state index in [0.717, 1.165) is 49.6 Å². The Labute approximate surface area is 151 Å². The maximum Gasteiger partial charge on any atom is 0.278 e. The van der Waals surface area contributed by atoms with Crippen molar-refractivity contribution >= 4 is 0 Å². The molecule has 7 heteroatoms. The zero-order chi connectivity index (χ0) is 17.9. The predicted octanol–water partition coefficient (Wildman–Crippen LogP) is 2.92. The number of phenols is 1. The summed E-state index contributed by atoms with van der Waals surface area (Å²) in [6.07, 6.45) is 5.32. The monoisotopic (exact) mass is 351 g/mol. The molecule has 0 radical (unpaired) electrons. The molecular formula is C19H21N5O2. The minimum atomic E-state index is 0.298. The summed E-state index contributed by atoms with van der Waals surface area (Å²) in [6, 6.07) is 7.44. The van der Waals surface area contributed by atoms with E-state index in [-0.39, 0.29) is 0 Å². The van der Waals surface area contributed by atoms with Crippen molar-refractivity contribution in [3.05, 3.63) is 53.7 Å². The van der Waals surface area contributed by atoms with Crippen LogP contribution in [0.4, 0.5) is 0 Å². The lowest BCUT2D eigenvalue weighted by Crippen LogP contribution is -2.32. The fourth-order valence-electron chi connectivity index (χ4n) is 3.27. The van der Waals surface area contributed by atoms with Crippen molar-refractivity contribution in [2.75, 3.05) is 13.1 Å². The first-order valence-electron chi connectivity index (χ1n) is 8.80. The van der Waals surface area contributed by atoms with E-state index in [0.29, 0.717) is 23.3 Å². The highest BCUT2D eigenvalue weighted by Crippen LogP contribution is 2.28. The molecule has 134 valence electrons. The zero-order valence-electron chi connectivity index (χ0n) is 14.7. The smallest absolute Gasteiger partial charge is 0.278 e. The summed E-state index contributed by atoms with van der Waals surface area (Å²) in [5.41, 5.74) is 2.59. The molecule has 26 heavy (non-hydrogen) atoms. The van der Waals surface area contributed by atoms with Crippen molar-refractivity contribution in [1.82, 2.24) is 25.0 Å². The molecule has 2 aromatic heterocycles. The lowest BCUT2D eigenvalue weighted by molar-refractivity contribution is 0.200. The molecule has 0 saturated carbocycles. The van der Waals surface area contributed by atoms with Gasteiger partial charge in [-0.05, 0) is 50.6 Å². The number of aromatic hydroxyl groups is 1. The number of benzene rings is 1. The molecule has 4 rings (SSSR count). The van der Waals surface area contributed by atoms with Gasteiger partial charge in [-0.3, -0.25) is 9.88 Å². The average Bonchev–Trinajstić information content (AvgIpc) is 3.13. The number of hydrogen-bond acceptors (Lipinski definition) is 7. The molecule has 0 spiro atoms. The van der Waals surface area contributed by atoms with Crippen LogP contribution in [0.2, 0.25) is 0 Å². The van der Waals surface area contributed by atoms with E-state index in [9.17, 15) is 5.11 Å². The van der Waals surface area contributed by atoms with Crippen LogP contribution in [0.15, 0.2) is 41.2 Å². The highest BCUT2D eigenvalue weighted by molar-refractivity contribution is 5.44. The van der Waals surface area contributed by atoms with E-state index < -0.39 is 0 Å². The van der Waals surface area contributed by atoms with Gasteiger partial charge in [0.2, 0.25) is 0 Å². The standard InChI is InChI=1S/C19H21N5O2/c1-13-10-21-17(11-20-13)19-22-18(23-26-19)15-5-7-24(8-6-15)12-14-3-2-4-16(25)9-14/h2-4,9-11,15,25H,5-8,12H2,1H3. The molecule has 1 saturated heterocycles. The Morgan fingerprint density at radius 3 is 2.77 bits per heavy atom. The topological polar surface area (TPSA) is 88.2 Å². The van der Waals surface area contributed by atoms with Crippen LogP contribution in [0, 0.1) is 6.92 Å². The highest BCUT2D eigenvalue weighted by Gasteiger charge is 2.25. The first kappa shape index (κ1) is 16.7. The minimum absolute atomic E-state index is 0.298. The normalized spacial score (nSPS) is 16.0. The summed E-state index contributed by atoms with van der Waals surface area (Å²) in [5, 5.41) is 13.7. The van der Waals surface area contributed by atoms with Gasteiger partial charge in [-0.1, -0.05) is 17.3 Å². The van der Waals surface area contributed by atoms with E-state index in [1.807, 2.05) is 25.1 Å². The van der Waals surface area contributed by atoms with Crippen molar-refractivity contribution in [1.29, 1.82) is 0 Å². The van der Waals surface area contributed by atoms with Crippen LogP contribution >= 0.6 is 0 Å². The Bertz CT molecular complexity index is 870. The van der Waals surface area contributed by atoms with Gasteiger partial charge in [0.05, 0.1) is 11.9 Å². The van der Waals surface area contributed by atoms with Crippen LogP contribution < -0.4 is 0 Å². The summed E-state index contributed by atoms with van der Waals surface area (Å²) in [6.45, 7) is 4.67. The van der Waals surface area contributed by atoms with Crippen molar-refractivity contribution in [3.63, 3.8) is 0 Å². The number of piperidine rings is 1. The number of hydrogen-bond donors (Lipinski definition) is 1. The van der Waals surface area contributed by atoms with Gasteiger partial charge in [0.1, 0.15) is 11.4 Å². The SMILES string of the molecule is Cc1cnc(-c2nc(C3CCN(Cc4cccc(O)c4)CC3)no2)cn1. The minimum Gasteiger partial charge on any atom is -0.508 e. The third kappa shape index (κ3) is 3.72. The molecule has 1 aliphatic rings. The van der Waals surface area contributed by atoms with Crippen LogP contribution in [-0.4, -0.2) is 43.2 Å². The van der Waals surface area contributed by atoms with Crippen molar-refractivity contribution in [3.8, 4) is 17.3 Å². The molecule has 0 amide bonds. The van der Waals surface area contributed by atoms with E-state index >= 15 is 0 Å². The number of rotatable bonds is 4. The third-order valence-corrected chi connectivity index (χ3v) is 4.71. The first-order valence-corrected chi connectivity index (χ1v) is 8.80. The van der Waals surface area contributed by atoms with E-state index in [4.69, 9.17) is 4.52 Å². The first-order chi connectivity index (χ1) is 12.7. The second-order valence-electron chi connectivity index (χ2n) is 6.72. The number of aromatic nitrogens is 4. The Balaban J connectivity index is 1.37. The maximum atomic E-state index is 9.59. The van der Waals surface area contributed by atoms with Crippen molar-refractivity contribution in [2.45, 2.75) is 32.2 Å². The van der Waals surface area contributed by atoms with Gasteiger partial charge in [-0.2, -0.15) is 4.98 Å². The van der Waals surface area contributed by atoms with Crippen LogP contribution in [0.1, 0.15) is 35.8 Å². The molecule has 0 unspecified atom stereocenters. The second-order valence-corrected chi connectivity index (χ2v) is 6.72. The van der Waals surface area contributed by atoms with Gasteiger partial charge >= 0.3 is 0 Å². The molecule has 3 aromatic rings. The van der Waals surface area contributed by atoms with Crippen LogP contribution in [0.25, 0.3) is 11.6 Å². The Morgan fingerprint density at radius 2 is 2.04 bits per heavy atom. The van der Waals surface area contributed by atoms with Crippen molar-refractivity contribution in [2.24, 2.45) is 0 Å². The fraction of sp³-hybridized carbons (Fsp3) is 0.368. The summed E-state index contributed by atoms with van der Waals surface area (Å²) in [4.78, 5) is 15.4. The maximum absolute atomic E-state index is 9.59. The van der Waals surface area contributed by atoms with Crippen LogP contribution in [-0.2, 0) is 6.54 Å². The Hall–Kier alpha value is -2.80. The van der Waals surface area contributed by atoms with Crippen LogP contribution in [0.3, 0.4) is 0 Å². The molecule has 1 N–H and O–H groups in total. The lowest BCUT2D eigenvalue weighted by Gasteiger charge is -2.30. The van der Waals surface area contributed by atoms with Gasteiger partial charge in [0.15, 0.2) is 5.82 Å². The lowest BCUT2D eigenvalue weighted by atomic mass is 9.96. The molecular weight excluding hydrogens is 330 g/mol. The molecule has 1 aliphatic heterocycles.